The maximum atomic E-state index is 12.3. The third kappa shape index (κ3) is 2.26. The Balaban J connectivity index is 1.70. The maximum Gasteiger partial charge on any atom is 0.350 e. The summed E-state index contributed by atoms with van der Waals surface area (Å²) in [7, 11) is 1.34. The second-order valence-electron chi connectivity index (χ2n) is 5.03. The van der Waals surface area contributed by atoms with E-state index < -0.39 is 5.97 Å². The van der Waals surface area contributed by atoms with Gasteiger partial charge in [-0.25, -0.2) is 4.79 Å². The van der Waals surface area contributed by atoms with Gasteiger partial charge in [0.05, 0.1) is 18.7 Å². The molecule has 0 spiro atoms. The summed E-state index contributed by atoms with van der Waals surface area (Å²) in [5.41, 5.74) is 0.560. The molecule has 2 saturated heterocycles. The van der Waals surface area contributed by atoms with Gasteiger partial charge in [-0.1, -0.05) is 0 Å². The van der Waals surface area contributed by atoms with E-state index in [0.717, 1.165) is 12.8 Å². The van der Waals surface area contributed by atoms with Gasteiger partial charge in [-0.15, -0.1) is 11.3 Å². The molecule has 2 N–H and O–H groups in total. The number of methoxy groups -OCH3 is 1. The zero-order valence-corrected chi connectivity index (χ0v) is 11.5. The normalized spacial score (nSPS) is 28.4. The van der Waals surface area contributed by atoms with Crippen molar-refractivity contribution in [2.75, 3.05) is 12.4 Å². The van der Waals surface area contributed by atoms with E-state index >= 15 is 0 Å². The lowest BCUT2D eigenvalue weighted by atomic mass is 9.88. The third-order valence-electron chi connectivity index (χ3n) is 3.93. The van der Waals surface area contributed by atoms with Crippen molar-refractivity contribution < 1.29 is 14.3 Å². The highest BCUT2D eigenvalue weighted by atomic mass is 32.1. The fraction of sp³-hybridized carbons (Fsp3) is 0.538. The molecule has 0 aromatic carbocycles. The molecule has 19 heavy (non-hydrogen) atoms. The van der Waals surface area contributed by atoms with Crippen LogP contribution in [0.25, 0.3) is 0 Å². The number of nitrogens with one attached hydrogen (secondary N) is 2. The average Bonchev–Trinajstić information content (AvgIpc) is 3.13. The molecule has 2 fully saturated rings. The van der Waals surface area contributed by atoms with Crippen LogP contribution < -0.4 is 10.6 Å². The van der Waals surface area contributed by atoms with Crippen molar-refractivity contribution in [3.63, 3.8) is 0 Å². The predicted octanol–water partition coefficient (Wildman–Crippen LogP) is 1.61. The van der Waals surface area contributed by atoms with Gasteiger partial charge in [0.1, 0.15) is 4.88 Å². The van der Waals surface area contributed by atoms with Crippen LogP contribution in [0.1, 0.15) is 28.9 Å². The molecule has 1 aromatic heterocycles. The monoisotopic (exact) mass is 280 g/mol. The highest BCUT2D eigenvalue weighted by molar-refractivity contribution is 7.12. The highest BCUT2D eigenvalue weighted by Gasteiger charge is 2.42. The number of esters is 1. The van der Waals surface area contributed by atoms with Crippen LogP contribution in [0.15, 0.2) is 11.4 Å². The van der Waals surface area contributed by atoms with Crippen LogP contribution in [-0.4, -0.2) is 31.1 Å². The average molecular weight is 280 g/mol. The van der Waals surface area contributed by atoms with E-state index in [4.69, 9.17) is 4.74 Å². The molecule has 6 heteroatoms. The molecule has 2 aliphatic rings. The number of fused-ring (bicyclic) bond motifs is 2. The Bertz CT molecular complexity index is 514. The number of hydrogen-bond donors (Lipinski definition) is 2. The molecule has 3 rings (SSSR count). The Hall–Kier alpha value is -1.40. The smallest absolute Gasteiger partial charge is 0.350 e. The van der Waals surface area contributed by atoms with Crippen molar-refractivity contribution in [2.24, 2.45) is 5.92 Å². The second-order valence-corrected chi connectivity index (χ2v) is 5.95. The van der Waals surface area contributed by atoms with Gasteiger partial charge in [0.25, 0.3) is 0 Å². The molecule has 102 valence electrons. The Morgan fingerprint density at radius 3 is 2.95 bits per heavy atom. The lowest BCUT2D eigenvalue weighted by Crippen LogP contribution is -2.33. The van der Waals surface area contributed by atoms with Gasteiger partial charge < -0.3 is 15.4 Å². The number of anilines is 1. The summed E-state index contributed by atoms with van der Waals surface area (Å²) in [5.74, 6) is -0.385. The van der Waals surface area contributed by atoms with Crippen LogP contribution in [0.3, 0.4) is 0 Å². The van der Waals surface area contributed by atoms with E-state index in [0.29, 0.717) is 22.6 Å². The van der Waals surface area contributed by atoms with Gasteiger partial charge >= 0.3 is 5.97 Å². The molecular formula is C13H16N2O3S. The molecule has 1 aromatic rings. The Labute approximate surface area is 115 Å². The van der Waals surface area contributed by atoms with Crippen molar-refractivity contribution in [1.29, 1.82) is 0 Å². The maximum absolute atomic E-state index is 12.3. The summed E-state index contributed by atoms with van der Waals surface area (Å²) in [6, 6.07) is 2.53. The van der Waals surface area contributed by atoms with Crippen LogP contribution in [0.2, 0.25) is 0 Å². The first-order chi connectivity index (χ1) is 9.19. The summed E-state index contributed by atoms with van der Waals surface area (Å²) in [6.07, 6.45) is 3.13. The van der Waals surface area contributed by atoms with Crippen molar-refractivity contribution in [3.05, 3.63) is 16.3 Å². The summed E-state index contributed by atoms with van der Waals surface area (Å²) < 4.78 is 4.70. The molecule has 1 amide bonds. The number of hydrogen-bond acceptors (Lipinski definition) is 5. The van der Waals surface area contributed by atoms with Gasteiger partial charge in [-0.05, 0) is 30.7 Å². The van der Waals surface area contributed by atoms with Gasteiger partial charge in [0.2, 0.25) is 5.91 Å². The molecule has 3 unspecified atom stereocenters. The van der Waals surface area contributed by atoms with Crippen molar-refractivity contribution >= 4 is 28.9 Å². The molecule has 5 nitrogen and oxygen atoms in total. The SMILES string of the molecule is COC(=O)c1sccc1NC(=O)C1CC2CCC1N2. The first-order valence-electron chi connectivity index (χ1n) is 6.41. The summed E-state index contributed by atoms with van der Waals surface area (Å²) in [6.45, 7) is 0. The minimum absolute atomic E-state index is 0.00301. The predicted molar refractivity (Wildman–Crippen MR) is 72.3 cm³/mol. The lowest BCUT2D eigenvalue weighted by Gasteiger charge is -2.19. The van der Waals surface area contributed by atoms with E-state index in [1.165, 1.54) is 24.9 Å². The molecule has 2 bridgehead atoms. The fourth-order valence-electron chi connectivity index (χ4n) is 3.00. The number of carbonyl (C=O) groups is 2. The van der Waals surface area contributed by atoms with Gasteiger partial charge in [0, 0.05) is 12.1 Å². The largest absolute Gasteiger partial charge is 0.465 e. The topological polar surface area (TPSA) is 67.4 Å². The Morgan fingerprint density at radius 2 is 2.32 bits per heavy atom. The van der Waals surface area contributed by atoms with Crippen LogP contribution in [0, 0.1) is 5.92 Å². The molecule has 3 heterocycles. The first-order valence-corrected chi connectivity index (χ1v) is 7.29. The Kier molecular flexibility index (Phi) is 3.28. The molecule has 3 atom stereocenters. The number of ether oxygens (including phenoxy) is 1. The van der Waals surface area contributed by atoms with E-state index in [9.17, 15) is 9.59 Å². The lowest BCUT2D eigenvalue weighted by molar-refractivity contribution is -0.120. The zero-order valence-electron chi connectivity index (χ0n) is 10.6. The van der Waals surface area contributed by atoms with Crippen LogP contribution in [0.5, 0.6) is 0 Å². The number of rotatable bonds is 3. The second kappa shape index (κ2) is 4.94. The molecule has 0 saturated carbocycles. The van der Waals surface area contributed by atoms with Crippen molar-refractivity contribution in [1.82, 2.24) is 5.32 Å². The minimum Gasteiger partial charge on any atom is -0.465 e. The first kappa shape index (κ1) is 12.6. The van der Waals surface area contributed by atoms with Gasteiger partial charge in [-0.3, -0.25) is 4.79 Å². The van der Waals surface area contributed by atoms with E-state index in [-0.39, 0.29) is 11.8 Å². The molecule has 0 radical (unpaired) electrons. The fourth-order valence-corrected chi connectivity index (χ4v) is 3.76. The van der Waals surface area contributed by atoms with Crippen LogP contribution in [0.4, 0.5) is 5.69 Å². The van der Waals surface area contributed by atoms with Crippen LogP contribution >= 0.6 is 11.3 Å². The van der Waals surface area contributed by atoms with Crippen LogP contribution in [-0.2, 0) is 9.53 Å². The van der Waals surface area contributed by atoms with Gasteiger partial charge in [-0.2, -0.15) is 0 Å². The Morgan fingerprint density at radius 1 is 1.47 bits per heavy atom. The van der Waals surface area contributed by atoms with Gasteiger partial charge in [0.15, 0.2) is 0 Å². The van der Waals surface area contributed by atoms with Crippen molar-refractivity contribution in [2.45, 2.75) is 31.3 Å². The third-order valence-corrected chi connectivity index (χ3v) is 4.83. The summed E-state index contributed by atoms with van der Waals surface area (Å²) in [4.78, 5) is 24.3. The number of thiophene rings is 1. The molecular weight excluding hydrogens is 264 g/mol. The summed E-state index contributed by atoms with van der Waals surface area (Å²) >= 11 is 1.28. The highest BCUT2D eigenvalue weighted by Crippen LogP contribution is 2.34. The van der Waals surface area contributed by atoms with Crippen molar-refractivity contribution in [3.8, 4) is 0 Å². The van der Waals surface area contributed by atoms with E-state index in [2.05, 4.69) is 10.6 Å². The quantitative estimate of drug-likeness (QED) is 0.826. The van der Waals surface area contributed by atoms with E-state index in [1.54, 1.807) is 11.4 Å². The molecule has 0 aliphatic carbocycles. The standard InChI is InChI=1S/C13H16N2O3S/c1-18-13(17)11-10(4-5-19-11)15-12(16)8-6-7-2-3-9(8)14-7/h4-5,7-9,14H,2-3,6H2,1H3,(H,15,16). The number of amides is 1. The summed E-state index contributed by atoms with van der Waals surface area (Å²) in [5, 5.41) is 8.08. The molecule has 2 aliphatic heterocycles. The number of carbonyl (C=O) groups excluding carboxylic acids is 2. The minimum atomic E-state index is -0.406. The van der Waals surface area contributed by atoms with E-state index in [1.807, 2.05) is 0 Å². The zero-order chi connectivity index (χ0) is 13.4.